The first-order valence-electron chi connectivity index (χ1n) is 8.42. The van der Waals surface area contributed by atoms with E-state index in [2.05, 4.69) is 0 Å². The molecule has 7 heteroatoms. The Morgan fingerprint density at radius 3 is 2.15 bits per heavy atom. The van der Waals surface area contributed by atoms with Gasteiger partial charge in [0.1, 0.15) is 0 Å². The Morgan fingerprint density at radius 1 is 1.00 bits per heavy atom. The van der Waals surface area contributed by atoms with Crippen molar-refractivity contribution >= 4 is 15.9 Å². The van der Waals surface area contributed by atoms with Gasteiger partial charge in [0, 0.05) is 32.7 Å². The molecule has 2 N–H and O–H groups in total. The maximum atomic E-state index is 13.0. The highest BCUT2D eigenvalue weighted by molar-refractivity contribution is 7.89. The fourth-order valence-electron chi connectivity index (χ4n) is 2.52. The second kappa shape index (κ2) is 8.93. The second-order valence-electron chi connectivity index (χ2n) is 6.19. The summed E-state index contributed by atoms with van der Waals surface area (Å²) < 4.78 is 27.5. The van der Waals surface area contributed by atoms with E-state index in [4.69, 9.17) is 5.73 Å². The summed E-state index contributed by atoms with van der Waals surface area (Å²) in [7, 11) is -0.373. The van der Waals surface area contributed by atoms with Crippen LogP contribution >= 0.6 is 0 Å². The maximum absolute atomic E-state index is 13.0. The van der Waals surface area contributed by atoms with Crippen LogP contribution in [0.1, 0.15) is 22.3 Å². The van der Waals surface area contributed by atoms with Gasteiger partial charge in [0.25, 0.3) is 5.91 Å². The van der Waals surface area contributed by atoms with Crippen LogP contribution in [0.15, 0.2) is 59.5 Å². The Bertz CT molecular complexity index is 819. The number of carbonyl (C=O) groups excluding carboxylic acids is 1. The molecule has 0 atom stereocenters. The van der Waals surface area contributed by atoms with E-state index < -0.39 is 10.0 Å². The third-order valence-corrected chi connectivity index (χ3v) is 5.82. The fourth-order valence-corrected chi connectivity index (χ4v) is 3.98. The van der Waals surface area contributed by atoms with Crippen LogP contribution < -0.4 is 5.73 Å². The number of nitrogens with zero attached hydrogens (tertiary/aromatic N) is 2. The summed E-state index contributed by atoms with van der Waals surface area (Å²) in [5.41, 5.74) is 6.93. The predicted molar refractivity (Wildman–Crippen MR) is 102 cm³/mol. The van der Waals surface area contributed by atoms with Crippen LogP contribution in [0.4, 0.5) is 0 Å². The van der Waals surface area contributed by atoms with Crippen LogP contribution in [0, 0.1) is 0 Å². The molecule has 0 spiro atoms. The minimum Gasteiger partial charge on any atom is -0.345 e. The van der Waals surface area contributed by atoms with Gasteiger partial charge in [-0.25, -0.2) is 8.42 Å². The van der Waals surface area contributed by atoms with Gasteiger partial charge in [-0.3, -0.25) is 4.79 Å². The Hall–Kier alpha value is -2.22. The summed E-state index contributed by atoms with van der Waals surface area (Å²) >= 11 is 0. The Morgan fingerprint density at radius 2 is 1.62 bits per heavy atom. The lowest BCUT2D eigenvalue weighted by Gasteiger charge is -2.22. The number of benzene rings is 2. The van der Waals surface area contributed by atoms with Crippen LogP contribution in [0.3, 0.4) is 0 Å². The highest BCUT2D eigenvalue weighted by Gasteiger charge is 2.24. The monoisotopic (exact) mass is 375 g/mol. The van der Waals surface area contributed by atoms with Crippen molar-refractivity contribution in [2.45, 2.75) is 17.9 Å². The van der Waals surface area contributed by atoms with E-state index in [1.807, 2.05) is 30.3 Å². The molecule has 140 valence electrons. The average molecular weight is 375 g/mol. The molecule has 0 bridgehead atoms. The molecule has 1 amide bonds. The Labute approximate surface area is 155 Å². The molecule has 2 rings (SSSR count). The summed E-state index contributed by atoms with van der Waals surface area (Å²) in [6, 6.07) is 15.5. The zero-order chi connectivity index (χ0) is 19.2. The van der Waals surface area contributed by atoms with Gasteiger partial charge in [0.15, 0.2) is 0 Å². The number of carbonyl (C=O) groups is 1. The van der Waals surface area contributed by atoms with Crippen LogP contribution in [-0.4, -0.2) is 50.7 Å². The third-order valence-electron chi connectivity index (χ3n) is 3.96. The lowest BCUT2D eigenvalue weighted by atomic mass is 10.2. The molecular weight excluding hydrogens is 350 g/mol. The predicted octanol–water partition coefficient (Wildman–Crippen LogP) is 1.93. The van der Waals surface area contributed by atoms with E-state index in [1.165, 1.54) is 21.3 Å². The zero-order valence-electron chi connectivity index (χ0n) is 15.1. The molecule has 0 heterocycles. The van der Waals surface area contributed by atoms with E-state index in [1.54, 1.807) is 26.2 Å². The lowest BCUT2D eigenvalue weighted by molar-refractivity contribution is 0.0827. The lowest BCUT2D eigenvalue weighted by Crippen LogP contribution is -2.32. The Balaban J connectivity index is 2.29. The van der Waals surface area contributed by atoms with Crippen LogP contribution in [0.2, 0.25) is 0 Å². The van der Waals surface area contributed by atoms with E-state index in [0.717, 1.165) is 5.56 Å². The summed E-state index contributed by atoms with van der Waals surface area (Å²) in [6.45, 7) is 1.03. The van der Waals surface area contributed by atoms with Gasteiger partial charge in [0.05, 0.1) is 4.90 Å². The minimum absolute atomic E-state index is 0.167. The van der Waals surface area contributed by atoms with Gasteiger partial charge in [-0.2, -0.15) is 4.31 Å². The summed E-state index contributed by atoms with van der Waals surface area (Å²) in [5, 5.41) is 0. The molecule has 0 radical (unpaired) electrons. The molecule has 26 heavy (non-hydrogen) atoms. The first-order valence-corrected chi connectivity index (χ1v) is 9.86. The van der Waals surface area contributed by atoms with Gasteiger partial charge >= 0.3 is 0 Å². The van der Waals surface area contributed by atoms with Crippen LogP contribution in [-0.2, 0) is 16.6 Å². The molecule has 0 aliphatic heterocycles. The largest absolute Gasteiger partial charge is 0.345 e. The first-order chi connectivity index (χ1) is 12.4. The van der Waals surface area contributed by atoms with Crippen LogP contribution in [0.25, 0.3) is 0 Å². The zero-order valence-corrected chi connectivity index (χ0v) is 15.9. The minimum atomic E-state index is -3.68. The number of nitrogens with two attached hydrogens (primary N) is 1. The Kier molecular flexibility index (Phi) is 6.90. The highest BCUT2D eigenvalue weighted by Crippen LogP contribution is 2.20. The molecule has 0 fully saturated rings. The molecule has 2 aromatic carbocycles. The van der Waals surface area contributed by atoms with E-state index in [-0.39, 0.29) is 17.3 Å². The SMILES string of the molecule is CN(C)C(=O)c1ccc(S(=O)(=O)N(CCCN)Cc2ccccc2)cc1. The van der Waals surface area contributed by atoms with Crippen molar-refractivity contribution in [1.29, 1.82) is 0 Å². The molecule has 0 aromatic heterocycles. The van der Waals surface area contributed by atoms with Crippen molar-refractivity contribution in [2.75, 3.05) is 27.2 Å². The van der Waals surface area contributed by atoms with E-state index in [0.29, 0.717) is 25.1 Å². The molecular formula is C19H25N3O3S. The van der Waals surface area contributed by atoms with Crippen molar-refractivity contribution in [1.82, 2.24) is 9.21 Å². The van der Waals surface area contributed by atoms with Gasteiger partial charge < -0.3 is 10.6 Å². The molecule has 0 saturated heterocycles. The number of sulfonamides is 1. The summed E-state index contributed by atoms with van der Waals surface area (Å²) in [5.74, 6) is -0.168. The maximum Gasteiger partial charge on any atom is 0.253 e. The summed E-state index contributed by atoms with van der Waals surface area (Å²) in [6.07, 6.45) is 0.573. The van der Waals surface area contributed by atoms with Crippen LogP contribution in [0.5, 0.6) is 0 Å². The number of hydrogen-bond donors (Lipinski definition) is 1. The number of rotatable bonds is 8. The standard InChI is InChI=1S/C19H25N3O3S/c1-21(2)19(23)17-9-11-18(12-10-17)26(24,25)22(14-6-13-20)15-16-7-4-3-5-8-16/h3-5,7-12H,6,13-15,20H2,1-2H3. The molecule has 0 saturated carbocycles. The highest BCUT2D eigenvalue weighted by atomic mass is 32.2. The fraction of sp³-hybridized carbons (Fsp3) is 0.316. The number of hydrogen-bond acceptors (Lipinski definition) is 4. The van der Waals surface area contributed by atoms with Crippen molar-refractivity contribution in [3.05, 3.63) is 65.7 Å². The average Bonchev–Trinajstić information content (AvgIpc) is 2.65. The molecule has 2 aromatic rings. The van der Waals surface area contributed by atoms with Crippen molar-refractivity contribution in [3.63, 3.8) is 0 Å². The van der Waals surface area contributed by atoms with Crippen molar-refractivity contribution in [3.8, 4) is 0 Å². The third kappa shape index (κ3) is 4.91. The molecule has 0 aliphatic rings. The molecule has 0 unspecified atom stereocenters. The second-order valence-corrected chi connectivity index (χ2v) is 8.13. The van der Waals surface area contributed by atoms with Gasteiger partial charge in [-0.05, 0) is 42.8 Å². The topological polar surface area (TPSA) is 83.7 Å². The first kappa shape index (κ1) is 20.1. The normalized spacial score (nSPS) is 11.5. The summed E-state index contributed by atoms with van der Waals surface area (Å²) in [4.78, 5) is 13.6. The smallest absolute Gasteiger partial charge is 0.253 e. The van der Waals surface area contributed by atoms with Gasteiger partial charge in [0.2, 0.25) is 10.0 Å². The number of amides is 1. The van der Waals surface area contributed by atoms with Crippen molar-refractivity contribution in [2.24, 2.45) is 5.73 Å². The van der Waals surface area contributed by atoms with Gasteiger partial charge in [-0.1, -0.05) is 30.3 Å². The quantitative estimate of drug-likeness (QED) is 0.764. The van der Waals surface area contributed by atoms with E-state index in [9.17, 15) is 13.2 Å². The van der Waals surface area contributed by atoms with Crippen molar-refractivity contribution < 1.29 is 13.2 Å². The van der Waals surface area contributed by atoms with E-state index >= 15 is 0 Å². The molecule has 0 aliphatic carbocycles. The van der Waals surface area contributed by atoms with Gasteiger partial charge in [-0.15, -0.1) is 0 Å². The molecule has 6 nitrogen and oxygen atoms in total.